The number of rotatable bonds is 9. The van der Waals surface area contributed by atoms with Crippen LogP contribution in [0, 0.1) is 11.8 Å². The van der Waals surface area contributed by atoms with Crippen LogP contribution in [0.4, 0.5) is 0 Å². The van der Waals surface area contributed by atoms with Gasteiger partial charge in [-0.05, 0) is 63.0 Å². The highest BCUT2D eigenvalue weighted by molar-refractivity contribution is 7.87. The molecule has 0 radical (unpaired) electrons. The van der Waals surface area contributed by atoms with Gasteiger partial charge in [0, 0.05) is 44.3 Å². The van der Waals surface area contributed by atoms with E-state index in [-0.39, 0.29) is 36.6 Å². The largest absolute Gasteiger partial charge is 0.390 e. The van der Waals surface area contributed by atoms with Gasteiger partial charge >= 0.3 is 0 Å². The lowest BCUT2D eigenvalue weighted by Crippen LogP contribution is -2.59. The highest BCUT2D eigenvalue weighted by Gasteiger charge is 2.46. The van der Waals surface area contributed by atoms with Crippen molar-refractivity contribution in [2.45, 2.75) is 89.6 Å². The predicted octanol–water partition coefficient (Wildman–Crippen LogP) is 3.82. The molecule has 1 amide bonds. The number of piperidine rings is 1. The fourth-order valence-electron chi connectivity index (χ4n) is 7.15. The molecule has 2 aromatic carbocycles. The first-order valence-corrected chi connectivity index (χ1v) is 17.0. The molecule has 230 valence electrons. The molecular weight excluding hydrogens is 548 g/mol. The number of carbonyl (C=O) groups is 1. The molecule has 0 aromatic heterocycles. The molecule has 2 aromatic rings. The van der Waals surface area contributed by atoms with Gasteiger partial charge in [-0.1, -0.05) is 79.9 Å². The smallest absolute Gasteiger partial charge is 0.282 e. The van der Waals surface area contributed by atoms with Crippen LogP contribution in [0.1, 0.15) is 64.0 Å². The summed E-state index contributed by atoms with van der Waals surface area (Å²) in [5.41, 5.74) is 1.66. The first-order chi connectivity index (χ1) is 20.0. The summed E-state index contributed by atoms with van der Waals surface area (Å²) < 4.78 is 30.9. The highest BCUT2D eigenvalue weighted by Crippen LogP contribution is 2.39. The number of hydrogen-bond acceptors (Lipinski definition) is 5. The molecule has 2 heterocycles. The Labute approximate surface area is 252 Å². The molecule has 3 fully saturated rings. The number of nitrogens with one attached hydrogen (secondary N) is 1. The van der Waals surface area contributed by atoms with Gasteiger partial charge in [0.1, 0.15) is 0 Å². The second kappa shape index (κ2) is 13.1. The molecular formula is C33H48N4O4S. The van der Waals surface area contributed by atoms with E-state index in [1.54, 1.807) is 0 Å². The first kappa shape index (κ1) is 31.1. The van der Waals surface area contributed by atoms with E-state index in [1.807, 2.05) is 81.4 Å². The number of nitrogens with zero attached hydrogens (tertiary/aromatic N) is 3. The lowest BCUT2D eigenvalue weighted by Gasteiger charge is -2.46. The predicted molar refractivity (Wildman–Crippen MR) is 166 cm³/mol. The van der Waals surface area contributed by atoms with Crippen LogP contribution in [-0.4, -0.2) is 82.8 Å². The van der Waals surface area contributed by atoms with Crippen molar-refractivity contribution in [1.82, 2.24) is 18.8 Å². The molecule has 1 aliphatic carbocycles. The molecule has 2 aliphatic heterocycles. The number of likely N-dealkylation sites (tertiary alicyclic amines) is 1. The number of carbonyl (C=O) groups excluding carboxylic acids is 1. The molecule has 5 rings (SSSR count). The fourth-order valence-corrected chi connectivity index (χ4v) is 9.00. The van der Waals surface area contributed by atoms with Crippen molar-refractivity contribution in [1.29, 1.82) is 0 Å². The molecule has 0 bridgehead atoms. The molecule has 2 saturated heterocycles. The molecule has 0 spiro atoms. The quantitative estimate of drug-likeness (QED) is 0.459. The summed E-state index contributed by atoms with van der Waals surface area (Å²) in [5.74, 6) is 1.06. The molecule has 3 aliphatic rings. The number of aliphatic hydroxyl groups excluding tert-OH is 1. The normalized spacial score (nSPS) is 27.8. The second-order valence-corrected chi connectivity index (χ2v) is 15.5. The summed E-state index contributed by atoms with van der Waals surface area (Å²) in [6.45, 7) is 7.67. The van der Waals surface area contributed by atoms with Crippen LogP contribution < -0.4 is 5.32 Å². The number of amides is 1. The molecule has 8 nitrogen and oxygen atoms in total. The Morgan fingerprint density at radius 1 is 0.929 bits per heavy atom. The Morgan fingerprint density at radius 2 is 1.55 bits per heavy atom. The Hall–Kier alpha value is -2.30. The van der Waals surface area contributed by atoms with Crippen LogP contribution >= 0.6 is 0 Å². The Morgan fingerprint density at radius 3 is 2.19 bits per heavy atom. The summed E-state index contributed by atoms with van der Waals surface area (Å²) in [6.07, 6.45) is 5.18. The summed E-state index contributed by atoms with van der Waals surface area (Å²) in [5, 5.41) is 14.6. The van der Waals surface area contributed by atoms with Crippen molar-refractivity contribution in [3.05, 3.63) is 71.8 Å². The van der Waals surface area contributed by atoms with Gasteiger partial charge < -0.3 is 10.4 Å². The SMILES string of the molecule is CC(C)(C)NC(=O)C1C[C@@H]2CCCC[C@@H]2CN1CC(O)CN1[C@@H](Cc2ccccc2)CN(Cc2ccccc2)S1(=O)=O. The lowest BCUT2D eigenvalue weighted by atomic mass is 9.72. The minimum Gasteiger partial charge on any atom is -0.390 e. The van der Waals surface area contributed by atoms with Crippen molar-refractivity contribution in [3.8, 4) is 0 Å². The Kier molecular flexibility index (Phi) is 9.74. The fraction of sp³-hybridized carbons (Fsp3) is 0.606. The average Bonchev–Trinajstić information content (AvgIpc) is 3.16. The molecule has 9 heteroatoms. The summed E-state index contributed by atoms with van der Waals surface area (Å²) in [7, 11) is -3.80. The van der Waals surface area contributed by atoms with E-state index in [4.69, 9.17) is 0 Å². The monoisotopic (exact) mass is 596 g/mol. The van der Waals surface area contributed by atoms with Crippen LogP contribution in [-0.2, 0) is 28.0 Å². The Bertz CT molecular complexity index is 1280. The molecule has 1 saturated carbocycles. The zero-order chi connectivity index (χ0) is 29.9. The topological polar surface area (TPSA) is 93.2 Å². The minimum absolute atomic E-state index is 0.00325. The number of β-amino-alcohol motifs (C(OH)–C–C–N with tert-alkyl or cyclic N) is 1. The van der Waals surface area contributed by atoms with Gasteiger partial charge in [-0.25, -0.2) is 0 Å². The van der Waals surface area contributed by atoms with Crippen LogP contribution in [0.3, 0.4) is 0 Å². The van der Waals surface area contributed by atoms with E-state index in [1.165, 1.54) is 21.5 Å². The second-order valence-electron chi connectivity index (χ2n) is 13.6. The number of fused-ring (bicyclic) bond motifs is 1. The van der Waals surface area contributed by atoms with Crippen LogP contribution in [0.15, 0.2) is 60.7 Å². The van der Waals surface area contributed by atoms with Crippen molar-refractivity contribution < 1.29 is 18.3 Å². The standard InChI is InChI=1S/C33H48N4O4S/c1-33(2,3)34-32(39)31-19-27-16-10-11-17-28(27)21-35(31)23-30(38)24-37-29(18-25-12-6-4-7-13-25)22-36(42(37,40)41)20-26-14-8-5-9-15-26/h4-9,12-15,27-31,38H,10-11,16-24H2,1-3H3,(H,34,39)/t27-,28+,29-,30?,31?/m0/s1. The van der Waals surface area contributed by atoms with Gasteiger partial charge in [0.15, 0.2) is 0 Å². The van der Waals surface area contributed by atoms with Crippen molar-refractivity contribution in [2.24, 2.45) is 11.8 Å². The maximum atomic E-state index is 13.9. The maximum Gasteiger partial charge on any atom is 0.282 e. The third-order valence-corrected chi connectivity index (χ3v) is 11.1. The Balaban J connectivity index is 1.33. The van der Waals surface area contributed by atoms with Gasteiger partial charge in [0.25, 0.3) is 10.2 Å². The van der Waals surface area contributed by atoms with Crippen molar-refractivity contribution in [2.75, 3.05) is 26.2 Å². The van der Waals surface area contributed by atoms with Crippen molar-refractivity contribution >= 4 is 16.1 Å². The zero-order valence-corrected chi connectivity index (χ0v) is 26.2. The summed E-state index contributed by atoms with van der Waals surface area (Å²) in [4.78, 5) is 15.6. The minimum atomic E-state index is -3.80. The van der Waals surface area contributed by atoms with E-state index in [2.05, 4.69) is 10.2 Å². The van der Waals surface area contributed by atoms with Crippen LogP contribution in [0.2, 0.25) is 0 Å². The maximum absolute atomic E-state index is 13.9. The van der Waals surface area contributed by atoms with Gasteiger partial charge in [0.05, 0.1) is 12.1 Å². The number of aliphatic hydroxyl groups is 1. The van der Waals surface area contributed by atoms with E-state index in [9.17, 15) is 18.3 Å². The van der Waals surface area contributed by atoms with E-state index in [0.29, 0.717) is 31.3 Å². The van der Waals surface area contributed by atoms with Gasteiger partial charge in [-0.2, -0.15) is 17.0 Å². The number of benzene rings is 2. The molecule has 5 atom stereocenters. The van der Waals surface area contributed by atoms with Crippen LogP contribution in [0.5, 0.6) is 0 Å². The van der Waals surface area contributed by atoms with Gasteiger partial charge in [-0.15, -0.1) is 0 Å². The van der Waals surface area contributed by atoms with E-state index >= 15 is 0 Å². The highest BCUT2D eigenvalue weighted by atomic mass is 32.2. The third kappa shape index (κ3) is 7.61. The molecule has 42 heavy (non-hydrogen) atoms. The summed E-state index contributed by atoms with van der Waals surface area (Å²) >= 11 is 0. The van der Waals surface area contributed by atoms with Gasteiger partial charge in [-0.3, -0.25) is 9.69 Å². The van der Waals surface area contributed by atoms with Crippen molar-refractivity contribution in [3.63, 3.8) is 0 Å². The van der Waals surface area contributed by atoms with Crippen LogP contribution in [0.25, 0.3) is 0 Å². The third-order valence-electron chi connectivity index (χ3n) is 9.10. The van der Waals surface area contributed by atoms with Gasteiger partial charge in [0.2, 0.25) is 5.91 Å². The number of hydrogen-bond donors (Lipinski definition) is 2. The summed E-state index contributed by atoms with van der Waals surface area (Å²) in [6, 6.07) is 19.0. The average molecular weight is 597 g/mol. The lowest BCUT2D eigenvalue weighted by molar-refractivity contribution is -0.132. The molecule has 2 N–H and O–H groups in total. The molecule has 2 unspecified atom stereocenters. The zero-order valence-electron chi connectivity index (χ0n) is 25.4. The first-order valence-electron chi connectivity index (χ1n) is 15.6. The van der Waals surface area contributed by atoms with E-state index in [0.717, 1.165) is 36.9 Å². The van der Waals surface area contributed by atoms with E-state index < -0.39 is 16.3 Å².